The molecule has 19 heavy (non-hydrogen) atoms. The van der Waals surface area contributed by atoms with Gasteiger partial charge < -0.3 is 5.32 Å². The van der Waals surface area contributed by atoms with E-state index in [-0.39, 0.29) is 11.9 Å². The molecule has 0 spiro atoms. The van der Waals surface area contributed by atoms with Crippen LogP contribution in [0, 0.1) is 11.7 Å². The normalized spacial score (nSPS) is 19.1. The van der Waals surface area contributed by atoms with E-state index in [1.54, 1.807) is 12.3 Å². The van der Waals surface area contributed by atoms with Crippen molar-refractivity contribution in [1.29, 1.82) is 0 Å². The number of hydrogen-bond donors (Lipinski definition) is 1. The van der Waals surface area contributed by atoms with Gasteiger partial charge in [0.2, 0.25) is 0 Å². The van der Waals surface area contributed by atoms with Gasteiger partial charge in [0.1, 0.15) is 5.82 Å². The molecule has 0 amide bonds. The van der Waals surface area contributed by atoms with E-state index < -0.39 is 0 Å². The van der Waals surface area contributed by atoms with E-state index in [1.165, 1.54) is 44.7 Å². The monoisotopic (exact) mass is 264 g/mol. The van der Waals surface area contributed by atoms with Gasteiger partial charge in [-0.05, 0) is 30.5 Å². The molecule has 1 aliphatic rings. The first-order valence-electron chi connectivity index (χ1n) is 7.63. The zero-order valence-corrected chi connectivity index (χ0v) is 11.9. The highest BCUT2D eigenvalue weighted by Gasteiger charge is 2.19. The van der Waals surface area contributed by atoms with E-state index in [0.29, 0.717) is 0 Å². The summed E-state index contributed by atoms with van der Waals surface area (Å²) in [5.41, 5.74) is 0.992. The third kappa shape index (κ3) is 4.57. The van der Waals surface area contributed by atoms with Gasteiger partial charge in [0, 0.05) is 12.2 Å². The standard InChI is InChI=1S/C16H25FN2/c1-2-19-16(14-10-15(17)12-18-11-14)9-13-7-5-3-4-6-8-13/h10-13,16,19H,2-9H2,1H3. The molecule has 1 saturated carbocycles. The fourth-order valence-corrected chi connectivity index (χ4v) is 3.14. The Balaban J connectivity index is 2.02. The van der Waals surface area contributed by atoms with Gasteiger partial charge in [0.25, 0.3) is 0 Å². The van der Waals surface area contributed by atoms with Crippen LogP contribution in [0.2, 0.25) is 0 Å². The minimum atomic E-state index is -0.235. The number of rotatable bonds is 5. The summed E-state index contributed by atoms with van der Waals surface area (Å²) in [5, 5.41) is 3.49. The molecule has 0 aromatic carbocycles. The van der Waals surface area contributed by atoms with Crippen molar-refractivity contribution in [3.63, 3.8) is 0 Å². The van der Waals surface area contributed by atoms with Crippen molar-refractivity contribution in [2.75, 3.05) is 6.54 Å². The summed E-state index contributed by atoms with van der Waals surface area (Å²) in [7, 11) is 0. The molecule has 0 radical (unpaired) electrons. The molecule has 0 aliphatic heterocycles. The van der Waals surface area contributed by atoms with Crippen molar-refractivity contribution in [2.45, 2.75) is 57.9 Å². The fraction of sp³-hybridized carbons (Fsp3) is 0.688. The molecule has 2 nitrogen and oxygen atoms in total. The Kier molecular flexibility index (Phi) is 5.77. The maximum atomic E-state index is 13.3. The quantitative estimate of drug-likeness (QED) is 0.805. The third-order valence-corrected chi connectivity index (χ3v) is 4.12. The third-order valence-electron chi connectivity index (χ3n) is 4.12. The molecule has 1 aromatic rings. The predicted octanol–water partition coefficient (Wildman–Crippen LogP) is 4.23. The molecule has 0 bridgehead atoms. The molecule has 1 atom stereocenters. The van der Waals surface area contributed by atoms with E-state index >= 15 is 0 Å². The smallest absolute Gasteiger partial charge is 0.141 e. The second-order valence-corrected chi connectivity index (χ2v) is 5.64. The molecule has 2 rings (SSSR count). The van der Waals surface area contributed by atoms with Gasteiger partial charge in [-0.15, -0.1) is 0 Å². The number of halogens is 1. The Morgan fingerprint density at radius 3 is 2.63 bits per heavy atom. The molecular weight excluding hydrogens is 239 g/mol. The van der Waals surface area contributed by atoms with Crippen LogP contribution in [-0.2, 0) is 0 Å². The van der Waals surface area contributed by atoms with Crippen LogP contribution in [0.25, 0.3) is 0 Å². The van der Waals surface area contributed by atoms with Crippen LogP contribution in [0.4, 0.5) is 4.39 Å². The predicted molar refractivity (Wildman–Crippen MR) is 76.4 cm³/mol. The molecule has 1 heterocycles. The first-order valence-corrected chi connectivity index (χ1v) is 7.63. The summed E-state index contributed by atoms with van der Waals surface area (Å²) in [4.78, 5) is 3.98. The van der Waals surface area contributed by atoms with E-state index in [0.717, 1.165) is 24.4 Å². The lowest BCUT2D eigenvalue weighted by molar-refractivity contribution is 0.358. The zero-order chi connectivity index (χ0) is 13.5. The fourth-order valence-electron chi connectivity index (χ4n) is 3.14. The molecule has 1 aromatic heterocycles. The van der Waals surface area contributed by atoms with E-state index in [4.69, 9.17) is 0 Å². The summed E-state index contributed by atoms with van der Waals surface area (Å²) in [6.07, 6.45) is 12.3. The summed E-state index contributed by atoms with van der Waals surface area (Å²) < 4.78 is 13.3. The van der Waals surface area contributed by atoms with Crippen LogP contribution in [0.5, 0.6) is 0 Å². The molecule has 0 saturated heterocycles. The molecular formula is C16H25FN2. The van der Waals surface area contributed by atoms with Crippen LogP contribution in [0.3, 0.4) is 0 Å². The highest BCUT2D eigenvalue weighted by molar-refractivity contribution is 5.15. The first-order chi connectivity index (χ1) is 9.29. The lowest BCUT2D eigenvalue weighted by Crippen LogP contribution is -2.23. The number of pyridine rings is 1. The Labute approximate surface area is 115 Å². The van der Waals surface area contributed by atoms with Gasteiger partial charge in [-0.25, -0.2) is 4.39 Å². The number of hydrogen-bond acceptors (Lipinski definition) is 2. The van der Waals surface area contributed by atoms with E-state index in [9.17, 15) is 4.39 Å². The second kappa shape index (κ2) is 7.59. The number of nitrogens with zero attached hydrogens (tertiary/aromatic N) is 1. The van der Waals surface area contributed by atoms with Gasteiger partial charge in [-0.3, -0.25) is 4.98 Å². The van der Waals surface area contributed by atoms with Gasteiger partial charge in [-0.1, -0.05) is 45.4 Å². The van der Waals surface area contributed by atoms with Crippen LogP contribution < -0.4 is 5.32 Å². The summed E-state index contributed by atoms with van der Waals surface area (Å²) in [6, 6.07) is 1.87. The topological polar surface area (TPSA) is 24.9 Å². The van der Waals surface area contributed by atoms with Crippen LogP contribution in [-0.4, -0.2) is 11.5 Å². The Morgan fingerprint density at radius 2 is 2.00 bits per heavy atom. The Morgan fingerprint density at radius 1 is 1.26 bits per heavy atom. The zero-order valence-electron chi connectivity index (χ0n) is 11.9. The maximum absolute atomic E-state index is 13.3. The first kappa shape index (κ1) is 14.4. The minimum Gasteiger partial charge on any atom is -0.310 e. The number of aromatic nitrogens is 1. The minimum absolute atomic E-state index is 0.235. The van der Waals surface area contributed by atoms with Gasteiger partial charge in [0.05, 0.1) is 6.20 Å². The highest BCUT2D eigenvalue weighted by atomic mass is 19.1. The average molecular weight is 264 g/mol. The van der Waals surface area contributed by atoms with Crippen LogP contribution in [0.15, 0.2) is 18.5 Å². The molecule has 1 N–H and O–H groups in total. The van der Waals surface area contributed by atoms with Crippen molar-refractivity contribution in [2.24, 2.45) is 5.92 Å². The lowest BCUT2D eigenvalue weighted by Gasteiger charge is -2.23. The summed E-state index contributed by atoms with van der Waals surface area (Å²) in [5.74, 6) is 0.538. The molecule has 3 heteroatoms. The van der Waals surface area contributed by atoms with Crippen molar-refractivity contribution >= 4 is 0 Å². The van der Waals surface area contributed by atoms with E-state index in [2.05, 4.69) is 17.2 Å². The van der Waals surface area contributed by atoms with E-state index in [1.807, 2.05) is 0 Å². The van der Waals surface area contributed by atoms with Crippen molar-refractivity contribution in [3.8, 4) is 0 Å². The number of nitrogens with one attached hydrogen (secondary N) is 1. The van der Waals surface area contributed by atoms with Crippen LogP contribution in [0.1, 0.15) is 63.5 Å². The molecule has 1 fully saturated rings. The van der Waals surface area contributed by atoms with Crippen molar-refractivity contribution < 1.29 is 4.39 Å². The summed E-state index contributed by atoms with van der Waals surface area (Å²) >= 11 is 0. The molecule has 1 aliphatic carbocycles. The van der Waals surface area contributed by atoms with Crippen LogP contribution >= 0.6 is 0 Å². The molecule has 106 valence electrons. The van der Waals surface area contributed by atoms with Gasteiger partial charge in [-0.2, -0.15) is 0 Å². The van der Waals surface area contributed by atoms with Gasteiger partial charge in [0.15, 0.2) is 0 Å². The molecule has 1 unspecified atom stereocenters. The largest absolute Gasteiger partial charge is 0.310 e. The highest BCUT2D eigenvalue weighted by Crippen LogP contribution is 2.31. The Bertz CT molecular complexity index is 373. The summed E-state index contributed by atoms with van der Waals surface area (Å²) in [6.45, 7) is 3.01. The van der Waals surface area contributed by atoms with Crippen molar-refractivity contribution in [1.82, 2.24) is 10.3 Å². The van der Waals surface area contributed by atoms with Gasteiger partial charge >= 0.3 is 0 Å². The maximum Gasteiger partial charge on any atom is 0.141 e. The average Bonchev–Trinajstić information content (AvgIpc) is 2.67. The SMILES string of the molecule is CCNC(CC1CCCCCC1)c1cncc(F)c1. The second-order valence-electron chi connectivity index (χ2n) is 5.64. The lowest BCUT2D eigenvalue weighted by atomic mass is 9.90. The van der Waals surface area contributed by atoms with Crippen molar-refractivity contribution in [3.05, 3.63) is 29.8 Å². The Hall–Kier alpha value is -0.960.